The van der Waals surface area contributed by atoms with Crippen molar-refractivity contribution in [2.24, 2.45) is 5.73 Å². The molecule has 70 valence electrons. The van der Waals surface area contributed by atoms with Crippen LogP contribution in [0.4, 0.5) is 0 Å². The third-order valence-electron chi connectivity index (χ3n) is 1.93. The number of amides is 1. The summed E-state index contributed by atoms with van der Waals surface area (Å²) in [6, 6.07) is 7.25. The summed E-state index contributed by atoms with van der Waals surface area (Å²) in [5.41, 5.74) is 5.39. The van der Waals surface area contributed by atoms with Gasteiger partial charge in [0.1, 0.15) is 4.64 Å². The second kappa shape index (κ2) is 3.19. The van der Waals surface area contributed by atoms with Crippen LogP contribution in [-0.2, 0) is 0 Å². The van der Waals surface area contributed by atoms with Crippen LogP contribution in [0.5, 0.6) is 0 Å². The zero-order valence-corrected chi connectivity index (χ0v) is 7.97. The number of fused-ring (bicyclic) bond motifs is 1. The highest BCUT2D eigenvalue weighted by atomic mass is 32.1. The Bertz CT molecular complexity index is 561. The molecule has 0 atom stereocenters. The summed E-state index contributed by atoms with van der Waals surface area (Å²) < 4.78 is 0.505. The first-order valence-corrected chi connectivity index (χ1v) is 4.38. The molecule has 14 heavy (non-hydrogen) atoms. The van der Waals surface area contributed by atoms with Gasteiger partial charge in [-0.05, 0) is 0 Å². The van der Waals surface area contributed by atoms with Crippen LogP contribution in [0.2, 0.25) is 0 Å². The number of H-pyrrole nitrogens is 1. The van der Waals surface area contributed by atoms with Crippen LogP contribution in [0.3, 0.4) is 0 Å². The molecule has 1 aromatic heterocycles. The summed E-state index contributed by atoms with van der Waals surface area (Å²) in [7, 11) is 0. The number of nitrogens with zero attached hydrogens (tertiary/aromatic N) is 1. The number of aromatic amines is 1. The number of nitrogens with one attached hydrogen (secondary N) is 1. The first kappa shape index (κ1) is 8.83. The Morgan fingerprint density at radius 1 is 1.36 bits per heavy atom. The van der Waals surface area contributed by atoms with Crippen LogP contribution >= 0.6 is 12.2 Å². The number of benzene rings is 1. The predicted molar refractivity (Wildman–Crippen MR) is 55.4 cm³/mol. The molecule has 0 bridgehead atoms. The maximum atomic E-state index is 11.0. The van der Waals surface area contributed by atoms with E-state index in [1.165, 1.54) is 0 Å². The summed E-state index contributed by atoms with van der Waals surface area (Å²) in [5.74, 6) is -0.563. The molecule has 2 aromatic rings. The van der Waals surface area contributed by atoms with Crippen LogP contribution in [0.15, 0.2) is 24.3 Å². The van der Waals surface area contributed by atoms with Crippen molar-refractivity contribution in [3.05, 3.63) is 34.6 Å². The lowest BCUT2D eigenvalue weighted by atomic mass is 10.1. The van der Waals surface area contributed by atoms with E-state index in [2.05, 4.69) is 10.2 Å². The van der Waals surface area contributed by atoms with Crippen molar-refractivity contribution >= 4 is 28.9 Å². The van der Waals surface area contributed by atoms with Gasteiger partial charge in [-0.3, -0.25) is 9.89 Å². The third-order valence-corrected chi connectivity index (χ3v) is 2.24. The maximum Gasteiger partial charge on any atom is 0.269 e. The van der Waals surface area contributed by atoms with Crippen molar-refractivity contribution < 1.29 is 4.79 Å². The fraction of sp³-hybridized carbons (Fsp3) is 0. The predicted octanol–water partition coefficient (Wildman–Crippen LogP) is 1.39. The van der Waals surface area contributed by atoms with E-state index >= 15 is 0 Å². The molecular formula is C9H7N3OS. The van der Waals surface area contributed by atoms with Gasteiger partial charge in [0.2, 0.25) is 0 Å². The molecule has 0 saturated heterocycles. The van der Waals surface area contributed by atoms with Crippen LogP contribution in [-0.4, -0.2) is 16.1 Å². The minimum atomic E-state index is -0.563. The first-order valence-electron chi connectivity index (χ1n) is 3.97. The van der Waals surface area contributed by atoms with Crippen LogP contribution < -0.4 is 5.73 Å². The summed E-state index contributed by atoms with van der Waals surface area (Å²) in [6.07, 6.45) is 0. The quantitative estimate of drug-likeness (QED) is 0.691. The lowest BCUT2D eigenvalue weighted by molar-refractivity contribution is 0.0996. The number of hydrogen-bond donors (Lipinski definition) is 2. The highest BCUT2D eigenvalue weighted by molar-refractivity contribution is 7.71. The normalized spacial score (nSPS) is 10.3. The summed E-state index contributed by atoms with van der Waals surface area (Å²) >= 11 is 5.03. The second-order valence-electron chi connectivity index (χ2n) is 2.81. The SMILES string of the molecule is NC(=O)c1n[nH]c(=S)c2ccccc12. The zero-order valence-electron chi connectivity index (χ0n) is 7.15. The molecule has 1 heterocycles. The maximum absolute atomic E-state index is 11.0. The minimum Gasteiger partial charge on any atom is -0.364 e. The van der Waals surface area contributed by atoms with E-state index in [1.54, 1.807) is 6.07 Å². The highest BCUT2D eigenvalue weighted by Crippen LogP contribution is 2.15. The van der Waals surface area contributed by atoms with Gasteiger partial charge >= 0.3 is 0 Å². The largest absolute Gasteiger partial charge is 0.364 e. The zero-order chi connectivity index (χ0) is 10.1. The van der Waals surface area contributed by atoms with Gasteiger partial charge in [-0.1, -0.05) is 36.5 Å². The lowest BCUT2D eigenvalue weighted by Crippen LogP contribution is -2.14. The number of aromatic nitrogens is 2. The van der Waals surface area contributed by atoms with Crippen LogP contribution in [0.25, 0.3) is 10.8 Å². The molecule has 0 aliphatic carbocycles. The Kier molecular flexibility index (Phi) is 2.01. The molecule has 4 nitrogen and oxygen atoms in total. The van der Waals surface area contributed by atoms with Crippen LogP contribution in [0, 0.1) is 4.64 Å². The smallest absolute Gasteiger partial charge is 0.269 e. The number of carbonyl (C=O) groups excluding carboxylic acids is 1. The summed E-state index contributed by atoms with van der Waals surface area (Å²) in [5, 5.41) is 7.86. The number of hydrogen-bond acceptors (Lipinski definition) is 3. The second-order valence-corrected chi connectivity index (χ2v) is 3.22. The number of rotatable bonds is 1. The molecule has 5 heteroatoms. The third kappa shape index (κ3) is 1.27. The molecule has 1 aromatic carbocycles. The van der Waals surface area contributed by atoms with Gasteiger partial charge in [0.15, 0.2) is 5.69 Å². The lowest BCUT2D eigenvalue weighted by Gasteiger charge is -2.00. The Balaban J connectivity index is 2.96. The van der Waals surface area contributed by atoms with E-state index in [0.717, 1.165) is 5.39 Å². The molecule has 3 N–H and O–H groups in total. The first-order chi connectivity index (χ1) is 6.70. The molecule has 0 aliphatic heterocycles. The van der Waals surface area contributed by atoms with Crippen molar-refractivity contribution in [2.75, 3.05) is 0 Å². The summed E-state index contributed by atoms with van der Waals surface area (Å²) in [6.45, 7) is 0. The highest BCUT2D eigenvalue weighted by Gasteiger charge is 2.08. The van der Waals surface area contributed by atoms with E-state index in [4.69, 9.17) is 18.0 Å². The van der Waals surface area contributed by atoms with Gasteiger partial charge in [-0.25, -0.2) is 0 Å². The number of nitrogens with two attached hydrogens (primary N) is 1. The molecule has 0 spiro atoms. The van der Waals surface area contributed by atoms with Crippen LogP contribution in [0.1, 0.15) is 10.5 Å². The van der Waals surface area contributed by atoms with Crippen molar-refractivity contribution in [3.63, 3.8) is 0 Å². The molecule has 1 amide bonds. The Morgan fingerprint density at radius 3 is 2.64 bits per heavy atom. The molecule has 0 saturated carbocycles. The minimum absolute atomic E-state index is 0.217. The van der Waals surface area contributed by atoms with Gasteiger partial charge in [0.05, 0.1) is 0 Å². The Morgan fingerprint density at radius 2 is 2.00 bits per heavy atom. The van der Waals surface area contributed by atoms with Gasteiger partial charge in [-0.2, -0.15) is 5.10 Å². The molecule has 0 unspecified atom stereocenters. The molecular weight excluding hydrogens is 198 g/mol. The molecule has 0 radical (unpaired) electrons. The average molecular weight is 205 g/mol. The van der Waals surface area contributed by atoms with E-state index in [9.17, 15) is 4.79 Å². The van der Waals surface area contributed by atoms with E-state index in [0.29, 0.717) is 10.0 Å². The van der Waals surface area contributed by atoms with Gasteiger partial charge in [0.25, 0.3) is 5.91 Å². The average Bonchev–Trinajstić information content (AvgIpc) is 2.18. The van der Waals surface area contributed by atoms with Crippen molar-refractivity contribution in [3.8, 4) is 0 Å². The van der Waals surface area contributed by atoms with Gasteiger partial charge < -0.3 is 5.73 Å². The van der Waals surface area contributed by atoms with E-state index in [1.807, 2.05) is 18.2 Å². The number of carbonyl (C=O) groups is 1. The standard InChI is InChI=1S/C9H7N3OS/c10-8(13)7-5-3-1-2-4-6(5)9(14)12-11-7/h1-4H,(H2,10,13)(H,12,14). The van der Waals surface area contributed by atoms with E-state index in [-0.39, 0.29) is 5.69 Å². The topological polar surface area (TPSA) is 71.8 Å². The fourth-order valence-corrected chi connectivity index (χ4v) is 1.53. The van der Waals surface area contributed by atoms with Gasteiger partial charge in [-0.15, -0.1) is 0 Å². The van der Waals surface area contributed by atoms with E-state index < -0.39 is 5.91 Å². The molecule has 2 rings (SSSR count). The van der Waals surface area contributed by atoms with Crippen molar-refractivity contribution in [2.45, 2.75) is 0 Å². The monoisotopic (exact) mass is 205 g/mol. The fourth-order valence-electron chi connectivity index (χ4n) is 1.30. The molecule has 0 aliphatic rings. The Labute approximate surface area is 84.7 Å². The van der Waals surface area contributed by atoms with Crippen molar-refractivity contribution in [1.29, 1.82) is 0 Å². The Hall–Kier alpha value is -1.75. The summed E-state index contributed by atoms with van der Waals surface area (Å²) in [4.78, 5) is 11.0. The number of primary amides is 1. The van der Waals surface area contributed by atoms with Gasteiger partial charge in [0, 0.05) is 10.8 Å². The molecule has 0 fully saturated rings. The van der Waals surface area contributed by atoms with Crippen molar-refractivity contribution in [1.82, 2.24) is 10.2 Å².